The van der Waals surface area contributed by atoms with Crippen LogP contribution in [0.2, 0.25) is 0 Å². The maximum atomic E-state index is 4.23. The third kappa shape index (κ3) is 4.04. The van der Waals surface area contributed by atoms with E-state index in [0.29, 0.717) is 12.5 Å². The summed E-state index contributed by atoms with van der Waals surface area (Å²) in [5.41, 5.74) is 0. The van der Waals surface area contributed by atoms with Gasteiger partial charge in [0.25, 0.3) is 0 Å². The number of thiophene rings is 1. The molecule has 2 N–H and O–H groups in total. The molecule has 2 heterocycles. The number of aliphatic imine (C=N–C) groups is 1. The summed E-state index contributed by atoms with van der Waals surface area (Å²) in [6.07, 6.45) is 0. The van der Waals surface area contributed by atoms with Gasteiger partial charge in [-0.3, -0.25) is 4.99 Å². The zero-order valence-electron chi connectivity index (χ0n) is 12.9. The highest BCUT2D eigenvalue weighted by Gasteiger charge is 2.09. The zero-order valence-corrected chi connectivity index (χ0v) is 13.7. The van der Waals surface area contributed by atoms with Crippen LogP contribution in [0.15, 0.2) is 22.5 Å². The third-order valence-corrected chi connectivity index (χ3v) is 4.53. The molecule has 1 atom stereocenters. The second kappa shape index (κ2) is 7.21. The highest BCUT2D eigenvalue weighted by molar-refractivity contribution is 7.10. The molecule has 114 valence electrons. The predicted molar refractivity (Wildman–Crippen MR) is 86.7 cm³/mol. The zero-order chi connectivity index (χ0) is 15.2. The minimum atomic E-state index is 0.459. The Kier molecular flexibility index (Phi) is 5.32. The van der Waals surface area contributed by atoms with Gasteiger partial charge in [0.05, 0.1) is 6.54 Å². The van der Waals surface area contributed by atoms with E-state index in [9.17, 15) is 0 Å². The van der Waals surface area contributed by atoms with Crippen molar-refractivity contribution in [2.75, 3.05) is 13.6 Å². The summed E-state index contributed by atoms with van der Waals surface area (Å²) < 4.78 is 1.97. The Hall–Kier alpha value is -1.89. The van der Waals surface area contributed by atoms with Crippen LogP contribution in [0.4, 0.5) is 0 Å². The monoisotopic (exact) mass is 306 g/mol. The number of guanidine groups is 1. The van der Waals surface area contributed by atoms with Gasteiger partial charge in [0.2, 0.25) is 0 Å². The second-order valence-corrected chi connectivity index (χ2v) is 5.92. The van der Waals surface area contributed by atoms with E-state index in [1.54, 1.807) is 18.4 Å². The normalized spacial score (nSPS) is 13.2. The van der Waals surface area contributed by atoms with Crippen molar-refractivity contribution in [3.05, 3.63) is 34.0 Å². The minimum Gasteiger partial charge on any atom is -0.356 e. The lowest BCUT2D eigenvalue weighted by molar-refractivity contribution is 0.687. The van der Waals surface area contributed by atoms with Crippen molar-refractivity contribution in [1.29, 1.82) is 0 Å². The van der Waals surface area contributed by atoms with Crippen LogP contribution in [0, 0.1) is 6.92 Å². The summed E-state index contributed by atoms with van der Waals surface area (Å²) in [6.45, 7) is 5.59. The van der Waals surface area contributed by atoms with Crippen molar-refractivity contribution >= 4 is 17.3 Å². The Morgan fingerprint density at radius 3 is 2.81 bits per heavy atom. The smallest absolute Gasteiger partial charge is 0.191 e. The molecule has 0 aliphatic carbocycles. The molecular weight excluding hydrogens is 284 g/mol. The molecule has 0 saturated carbocycles. The van der Waals surface area contributed by atoms with Gasteiger partial charge in [-0.15, -0.1) is 21.5 Å². The maximum Gasteiger partial charge on any atom is 0.191 e. The van der Waals surface area contributed by atoms with Crippen molar-refractivity contribution in [1.82, 2.24) is 25.4 Å². The van der Waals surface area contributed by atoms with Gasteiger partial charge in [0.1, 0.15) is 5.82 Å². The molecule has 0 aliphatic heterocycles. The van der Waals surface area contributed by atoms with Gasteiger partial charge in [0.15, 0.2) is 11.8 Å². The number of aryl methyl sites for hydroxylation is 1. The molecule has 0 bridgehead atoms. The van der Waals surface area contributed by atoms with Crippen LogP contribution >= 0.6 is 11.3 Å². The van der Waals surface area contributed by atoms with Gasteiger partial charge in [-0.25, -0.2) is 0 Å². The first kappa shape index (κ1) is 15.5. The summed E-state index contributed by atoms with van der Waals surface area (Å²) in [5.74, 6) is 3.03. The fourth-order valence-electron chi connectivity index (χ4n) is 1.91. The average molecular weight is 306 g/mol. The lowest BCUT2D eigenvalue weighted by atomic mass is 10.1. The Balaban J connectivity index is 1.82. The summed E-state index contributed by atoms with van der Waals surface area (Å²) in [7, 11) is 3.73. The van der Waals surface area contributed by atoms with Gasteiger partial charge in [-0.05, 0) is 18.4 Å². The molecule has 1 unspecified atom stereocenters. The molecule has 0 saturated heterocycles. The average Bonchev–Trinajstić information content (AvgIpc) is 3.12. The predicted octanol–water partition coefficient (Wildman–Crippen LogP) is 1.65. The highest BCUT2D eigenvalue weighted by atomic mass is 32.1. The van der Waals surface area contributed by atoms with Crippen molar-refractivity contribution in [3.63, 3.8) is 0 Å². The number of hydrogen-bond donors (Lipinski definition) is 2. The quantitative estimate of drug-likeness (QED) is 0.651. The van der Waals surface area contributed by atoms with Crippen LogP contribution in [0.1, 0.15) is 29.4 Å². The fourth-order valence-corrected chi connectivity index (χ4v) is 2.70. The first-order valence-corrected chi connectivity index (χ1v) is 7.82. The Bertz CT molecular complexity index is 587. The first-order chi connectivity index (χ1) is 10.1. The SMILES string of the molecule is CN=C(NCc1nnc(C)n1C)NCC(C)c1cccs1. The molecule has 7 heteroatoms. The van der Waals surface area contributed by atoms with Gasteiger partial charge in [-0.1, -0.05) is 13.0 Å². The highest BCUT2D eigenvalue weighted by Crippen LogP contribution is 2.19. The number of aromatic nitrogens is 3. The van der Waals surface area contributed by atoms with E-state index >= 15 is 0 Å². The molecule has 0 radical (unpaired) electrons. The van der Waals surface area contributed by atoms with Crippen molar-refractivity contribution in [3.8, 4) is 0 Å². The molecule has 2 aromatic rings. The van der Waals surface area contributed by atoms with Gasteiger partial charge < -0.3 is 15.2 Å². The largest absolute Gasteiger partial charge is 0.356 e. The Morgan fingerprint density at radius 2 is 2.24 bits per heavy atom. The molecule has 0 spiro atoms. The lowest BCUT2D eigenvalue weighted by Crippen LogP contribution is -2.39. The van der Waals surface area contributed by atoms with Crippen LogP contribution in [0.25, 0.3) is 0 Å². The summed E-state index contributed by atoms with van der Waals surface area (Å²) >= 11 is 1.78. The standard InChI is InChI=1S/C14H22N6S/c1-10(12-6-5-7-21-12)8-16-14(15-3)17-9-13-19-18-11(2)20(13)4/h5-7,10H,8-9H2,1-4H3,(H2,15,16,17). The number of nitrogens with one attached hydrogen (secondary N) is 2. The van der Waals surface area contributed by atoms with Crippen molar-refractivity contribution in [2.24, 2.45) is 12.0 Å². The summed E-state index contributed by atoms with van der Waals surface area (Å²) in [5, 5.41) is 16.9. The summed E-state index contributed by atoms with van der Waals surface area (Å²) in [6, 6.07) is 4.25. The molecule has 21 heavy (non-hydrogen) atoms. The van der Waals surface area contributed by atoms with Gasteiger partial charge >= 0.3 is 0 Å². The number of nitrogens with zero attached hydrogens (tertiary/aromatic N) is 4. The van der Waals surface area contributed by atoms with E-state index in [4.69, 9.17) is 0 Å². The molecule has 0 aromatic carbocycles. The minimum absolute atomic E-state index is 0.459. The molecule has 6 nitrogen and oxygen atoms in total. The van der Waals surface area contributed by atoms with E-state index in [-0.39, 0.29) is 0 Å². The van der Waals surface area contributed by atoms with Crippen LogP contribution in [0.3, 0.4) is 0 Å². The van der Waals surface area contributed by atoms with Crippen LogP contribution in [-0.2, 0) is 13.6 Å². The van der Waals surface area contributed by atoms with E-state index in [0.717, 1.165) is 24.2 Å². The fraction of sp³-hybridized carbons (Fsp3) is 0.500. The molecule has 2 rings (SSSR count). The topological polar surface area (TPSA) is 67.1 Å². The molecule has 2 aromatic heterocycles. The Morgan fingerprint density at radius 1 is 1.43 bits per heavy atom. The first-order valence-electron chi connectivity index (χ1n) is 6.94. The second-order valence-electron chi connectivity index (χ2n) is 4.95. The van der Waals surface area contributed by atoms with Crippen molar-refractivity contribution < 1.29 is 0 Å². The van der Waals surface area contributed by atoms with Crippen LogP contribution < -0.4 is 10.6 Å². The van der Waals surface area contributed by atoms with Gasteiger partial charge in [-0.2, -0.15) is 0 Å². The molecule has 0 aliphatic rings. The van der Waals surface area contributed by atoms with E-state index in [1.165, 1.54) is 4.88 Å². The van der Waals surface area contributed by atoms with E-state index in [2.05, 4.69) is 50.3 Å². The van der Waals surface area contributed by atoms with Crippen LogP contribution in [0.5, 0.6) is 0 Å². The van der Waals surface area contributed by atoms with Crippen molar-refractivity contribution in [2.45, 2.75) is 26.3 Å². The molecule has 0 amide bonds. The lowest BCUT2D eigenvalue weighted by Gasteiger charge is -2.15. The third-order valence-electron chi connectivity index (χ3n) is 3.42. The van der Waals surface area contributed by atoms with E-state index < -0.39 is 0 Å². The number of hydrogen-bond acceptors (Lipinski definition) is 4. The number of rotatable bonds is 5. The van der Waals surface area contributed by atoms with E-state index in [1.807, 2.05) is 18.5 Å². The molecule has 0 fully saturated rings. The van der Waals surface area contributed by atoms with Gasteiger partial charge in [0, 0.05) is 31.4 Å². The maximum absolute atomic E-state index is 4.23. The molecular formula is C14H22N6S. The summed E-state index contributed by atoms with van der Waals surface area (Å²) in [4.78, 5) is 5.61. The van der Waals surface area contributed by atoms with Crippen LogP contribution in [-0.4, -0.2) is 34.3 Å². The Labute approximate surface area is 129 Å².